The molecule has 0 aromatic heterocycles. The minimum Gasteiger partial charge on any atom is -0.381 e. The van der Waals surface area contributed by atoms with Crippen molar-refractivity contribution >= 4 is 5.78 Å². The summed E-state index contributed by atoms with van der Waals surface area (Å²) in [6.45, 7) is 6.62. The molecule has 0 bridgehead atoms. The van der Waals surface area contributed by atoms with Crippen LogP contribution in [0.2, 0.25) is 0 Å². The number of ether oxygens (including phenoxy) is 2. The third-order valence-electron chi connectivity index (χ3n) is 4.11. The molecule has 0 aliphatic heterocycles. The lowest BCUT2D eigenvalue weighted by atomic mass is 9.85. The van der Waals surface area contributed by atoms with Crippen molar-refractivity contribution in [3.05, 3.63) is 11.1 Å². The van der Waals surface area contributed by atoms with Gasteiger partial charge in [0.1, 0.15) is 6.07 Å². The number of hydrogen-bond donors (Lipinski definition) is 0. The van der Waals surface area contributed by atoms with E-state index in [-0.39, 0.29) is 17.1 Å². The van der Waals surface area contributed by atoms with E-state index in [0.717, 1.165) is 18.4 Å². The van der Waals surface area contributed by atoms with Crippen LogP contribution in [0.4, 0.5) is 0 Å². The van der Waals surface area contributed by atoms with Crippen molar-refractivity contribution in [2.75, 3.05) is 26.4 Å². The summed E-state index contributed by atoms with van der Waals surface area (Å²) in [5, 5.41) is 9.11. The Hall–Kier alpha value is -1.18. The number of nitriles is 1. The van der Waals surface area contributed by atoms with Crippen LogP contribution in [0.25, 0.3) is 0 Å². The normalized spacial score (nSPS) is 24.7. The fourth-order valence-corrected chi connectivity index (χ4v) is 3.29. The fourth-order valence-electron chi connectivity index (χ4n) is 3.29. The zero-order valence-electron chi connectivity index (χ0n) is 11.7. The summed E-state index contributed by atoms with van der Waals surface area (Å²) in [4.78, 5) is 11.7. The lowest BCUT2D eigenvalue weighted by Gasteiger charge is -2.28. The highest BCUT2D eigenvalue weighted by Crippen LogP contribution is 2.51. The molecule has 1 unspecified atom stereocenters. The smallest absolute Gasteiger partial charge is 0.173 e. The van der Waals surface area contributed by atoms with Gasteiger partial charge in [0.2, 0.25) is 0 Å². The Morgan fingerprint density at radius 2 is 1.95 bits per heavy atom. The summed E-state index contributed by atoms with van der Waals surface area (Å²) in [6.07, 6.45) is 2.17. The molecule has 0 spiro atoms. The second-order valence-electron chi connectivity index (χ2n) is 5.49. The number of allylic oxidation sites excluding steroid dienone is 2. The van der Waals surface area contributed by atoms with Gasteiger partial charge in [0.15, 0.2) is 5.78 Å². The number of ketones is 1. The van der Waals surface area contributed by atoms with E-state index in [0.29, 0.717) is 38.4 Å². The first-order valence-electron chi connectivity index (χ1n) is 6.97. The molecule has 0 radical (unpaired) electrons. The monoisotopic (exact) mass is 263 g/mol. The van der Waals surface area contributed by atoms with E-state index in [1.807, 2.05) is 13.8 Å². The Balaban J connectivity index is 2.18. The SMILES string of the molecule is CCOCC1(COCC)CC2=C(C#N)C(=O)CC2C1. The average molecular weight is 263 g/mol. The van der Waals surface area contributed by atoms with E-state index in [1.54, 1.807) is 0 Å². The van der Waals surface area contributed by atoms with Gasteiger partial charge in [-0.05, 0) is 38.2 Å². The van der Waals surface area contributed by atoms with E-state index in [4.69, 9.17) is 14.7 Å². The van der Waals surface area contributed by atoms with Gasteiger partial charge in [-0.1, -0.05) is 0 Å². The van der Waals surface area contributed by atoms with Crippen molar-refractivity contribution < 1.29 is 14.3 Å². The first kappa shape index (κ1) is 14.2. The van der Waals surface area contributed by atoms with Crippen molar-refractivity contribution in [3.63, 3.8) is 0 Å². The van der Waals surface area contributed by atoms with Crippen LogP contribution in [0.3, 0.4) is 0 Å². The molecule has 1 saturated carbocycles. The van der Waals surface area contributed by atoms with Crippen LogP contribution in [0.1, 0.15) is 33.1 Å². The van der Waals surface area contributed by atoms with Gasteiger partial charge in [-0.25, -0.2) is 0 Å². The molecule has 0 heterocycles. The number of hydrogen-bond acceptors (Lipinski definition) is 4. The third-order valence-corrected chi connectivity index (χ3v) is 4.11. The summed E-state index contributed by atoms with van der Waals surface area (Å²) in [6, 6.07) is 2.08. The molecule has 0 aromatic carbocycles. The van der Waals surface area contributed by atoms with Crippen LogP contribution in [0, 0.1) is 22.7 Å². The molecule has 0 aromatic rings. The summed E-state index contributed by atoms with van der Waals surface area (Å²) < 4.78 is 11.2. The molecule has 0 amide bonds. The maximum Gasteiger partial charge on any atom is 0.173 e. The lowest BCUT2D eigenvalue weighted by molar-refractivity contribution is -0.115. The number of carbonyl (C=O) groups is 1. The Bertz CT molecular complexity index is 425. The second-order valence-corrected chi connectivity index (χ2v) is 5.49. The van der Waals surface area contributed by atoms with E-state index in [1.165, 1.54) is 0 Å². The number of fused-ring (bicyclic) bond motifs is 1. The van der Waals surface area contributed by atoms with Gasteiger partial charge in [-0.2, -0.15) is 5.26 Å². The molecule has 4 nitrogen and oxygen atoms in total. The van der Waals surface area contributed by atoms with Gasteiger partial charge in [-0.3, -0.25) is 4.79 Å². The van der Waals surface area contributed by atoms with Crippen LogP contribution in [0.15, 0.2) is 11.1 Å². The van der Waals surface area contributed by atoms with Crippen LogP contribution in [0.5, 0.6) is 0 Å². The molecule has 2 rings (SSSR count). The van der Waals surface area contributed by atoms with Crippen molar-refractivity contribution in [2.45, 2.75) is 33.1 Å². The Morgan fingerprint density at radius 1 is 1.32 bits per heavy atom. The molecule has 1 fully saturated rings. The largest absolute Gasteiger partial charge is 0.381 e. The van der Waals surface area contributed by atoms with Gasteiger partial charge in [0, 0.05) is 25.0 Å². The molecule has 104 valence electrons. The minimum atomic E-state index is -0.0468. The average Bonchev–Trinajstić information content (AvgIpc) is 2.87. The summed E-state index contributed by atoms with van der Waals surface area (Å²) >= 11 is 0. The van der Waals surface area contributed by atoms with Crippen molar-refractivity contribution in [1.82, 2.24) is 0 Å². The highest BCUT2D eigenvalue weighted by atomic mass is 16.5. The molecule has 19 heavy (non-hydrogen) atoms. The van der Waals surface area contributed by atoms with Gasteiger partial charge in [0.05, 0.1) is 18.8 Å². The summed E-state index contributed by atoms with van der Waals surface area (Å²) in [5.41, 5.74) is 1.40. The number of carbonyl (C=O) groups excluding carboxylic acids is 1. The quantitative estimate of drug-likeness (QED) is 0.737. The highest BCUT2D eigenvalue weighted by molar-refractivity contribution is 6.03. The molecule has 0 N–H and O–H groups in total. The summed E-state index contributed by atoms with van der Waals surface area (Å²) in [5.74, 6) is 0.256. The van der Waals surface area contributed by atoms with Gasteiger partial charge >= 0.3 is 0 Å². The van der Waals surface area contributed by atoms with Gasteiger partial charge < -0.3 is 9.47 Å². The van der Waals surface area contributed by atoms with Crippen molar-refractivity contribution in [1.29, 1.82) is 5.26 Å². The zero-order chi connectivity index (χ0) is 13.9. The molecule has 0 saturated heterocycles. The maximum absolute atomic E-state index is 11.7. The predicted molar refractivity (Wildman–Crippen MR) is 70.4 cm³/mol. The minimum absolute atomic E-state index is 0.0175. The first-order valence-corrected chi connectivity index (χ1v) is 6.97. The second kappa shape index (κ2) is 5.85. The Morgan fingerprint density at radius 3 is 2.47 bits per heavy atom. The highest BCUT2D eigenvalue weighted by Gasteiger charge is 2.48. The van der Waals surface area contributed by atoms with Crippen LogP contribution < -0.4 is 0 Å². The van der Waals surface area contributed by atoms with Crippen molar-refractivity contribution in [2.24, 2.45) is 11.3 Å². The number of rotatable bonds is 6. The third kappa shape index (κ3) is 2.72. The van der Waals surface area contributed by atoms with Gasteiger partial charge in [0.25, 0.3) is 0 Å². The van der Waals surface area contributed by atoms with E-state index in [2.05, 4.69) is 6.07 Å². The fraction of sp³-hybridized carbons (Fsp3) is 0.733. The molecule has 2 aliphatic rings. The van der Waals surface area contributed by atoms with Crippen molar-refractivity contribution in [3.8, 4) is 6.07 Å². The van der Waals surface area contributed by atoms with E-state index >= 15 is 0 Å². The first-order chi connectivity index (χ1) is 9.15. The maximum atomic E-state index is 11.7. The Labute approximate surface area is 114 Å². The number of nitrogens with zero attached hydrogens (tertiary/aromatic N) is 1. The standard InChI is InChI=1S/C15H21NO3/c1-3-18-9-15(10-19-4-2)6-11-5-14(17)13(8-16)12(11)7-15/h11H,3-7,9-10H2,1-2H3. The van der Waals surface area contributed by atoms with Crippen LogP contribution >= 0.6 is 0 Å². The lowest BCUT2D eigenvalue weighted by Crippen LogP contribution is -2.30. The molecule has 1 atom stereocenters. The Kier molecular flexibility index (Phi) is 4.38. The molecular weight excluding hydrogens is 242 g/mol. The van der Waals surface area contributed by atoms with Crippen LogP contribution in [-0.4, -0.2) is 32.2 Å². The van der Waals surface area contributed by atoms with E-state index in [9.17, 15) is 4.79 Å². The van der Waals surface area contributed by atoms with Gasteiger partial charge in [-0.15, -0.1) is 0 Å². The van der Waals surface area contributed by atoms with E-state index < -0.39 is 0 Å². The predicted octanol–water partition coefficient (Wildman–Crippen LogP) is 2.25. The summed E-state index contributed by atoms with van der Waals surface area (Å²) in [7, 11) is 0. The number of Topliss-reactive ketones (excluding diaryl/α,β-unsaturated/α-hetero) is 1. The molecular formula is C15H21NO3. The zero-order valence-corrected chi connectivity index (χ0v) is 11.7. The topological polar surface area (TPSA) is 59.3 Å². The van der Waals surface area contributed by atoms with Crippen LogP contribution in [-0.2, 0) is 14.3 Å². The molecule has 2 aliphatic carbocycles. The molecule has 4 heteroatoms.